The lowest BCUT2D eigenvalue weighted by Crippen LogP contribution is -2.05. The Kier molecular flexibility index (Phi) is 1.78. The van der Waals surface area contributed by atoms with Crippen LogP contribution < -0.4 is 5.73 Å². The molecule has 2 N–H and O–H groups in total. The first-order chi connectivity index (χ1) is 6.22. The first-order valence-electron chi connectivity index (χ1n) is 4.27. The Morgan fingerprint density at radius 3 is 3.00 bits per heavy atom. The van der Waals surface area contributed by atoms with E-state index in [4.69, 9.17) is 5.73 Å². The molecule has 13 heavy (non-hydrogen) atoms. The SMILES string of the molecule is C=Cc1ccc2c(c1)C(=O)CC2N. The lowest BCUT2D eigenvalue weighted by molar-refractivity contribution is 0.0989. The molecule has 0 saturated carbocycles. The summed E-state index contributed by atoms with van der Waals surface area (Å²) < 4.78 is 0. The van der Waals surface area contributed by atoms with E-state index in [2.05, 4.69) is 6.58 Å². The highest BCUT2D eigenvalue weighted by molar-refractivity contribution is 6.01. The number of benzene rings is 1. The third-order valence-electron chi connectivity index (χ3n) is 2.42. The number of rotatable bonds is 1. The van der Waals surface area contributed by atoms with E-state index in [1.165, 1.54) is 0 Å². The van der Waals surface area contributed by atoms with E-state index in [0.717, 1.165) is 16.7 Å². The molecule has 0 fully saturated rings. The van der Waals surface area contributed by atoms with Gasteiger partial charge in [0, 0.05) is 18.0 Å². The van der Waals surface area contributed by atoms with Crippen LogP contribution in [0.15, 0.2) is 24.8 Å². The maximum absolute atomic E-state index is 11.4. The van der Waals surface area contributed by atoms with Gasteiger partial charge in [-0.1, -0.05) is 24.8 Å². The molecule has 66 valence electrons. The molecule has 2 nitrogen and oxygen atoms in total. The van der Waals surface area contributed by atoms with Gasteiger partial charge in [-0.05, 0) is 17.2 Å². The molecule has 1 aromatic rings. The van der Waals surface area contributed by atoms with Crippen LogP contribution >= 0.6 is 0 Å². The first kappa shape index (κ1) is 8.20. The van der Waals surface area contributed by atoms with Crippen molar-refractivity contribution in [3.8, 4) is 0 Å². The molecule has 1 aromatic carbocycles. The van der Waals surface area contributed by atoms with Crippen LogP contribution in [-0.4, -0.2) is 5.78 Å². The Bertz CT molecular complexity index is 382. The predicted molar refractivity (Wildman–Crippen MR) is 52.4 cm³/mol. The average molecular weight is 173 g/mol. The van der Waals surface area contributed by atoms with Crippen molar-refractivity contribution in [3.63, 3.8) is 0 Å². The van der Waals surface area contributed by atoms with Crippen LogP contribution in [0, 0.1) is 0 Å². The molecule has 0 bridgehead atoms. The van der Waals surface area contributed by atoms with E-state index < -0.39 is 0 Å². The van der Waals surface area contributed by atoms with E-state index in [-0.39, 0.29) is 11.8 Å². The molecular formula is C11H11NO. The maximum atomic E-state index is 11.4. The number of hydrogen-bond donors (Lipinski definition) is 1. The summed E-state index contributed by atoms with van der Waals surface area (Å²) in [5.41, 5.74) is 8.49. The standard InChI is InChI=1S/C11H11NO/c1-2-7-3-4-8-9(5-7)11(13)6-10(8)12/h2-5,10H,1,6,12H2. The van der Waals surface area contributed by atoms with Crippen LogP contribution in [0.3, 0.4) is 0 Å². The summed E-state index contributed by atoms with van der Waals surface area (Å²) in [5, 5.41) is 0. The molecule has 0 heterocycles. The number of fused-ring (bicyclic) bond motifs is 1. The normalized spacial score (nSPS) is 20.1. The smallest absolute Gasteiger partial charge is 0.165 e. The fraction of sp³-hybridized carbons (Fsp3) is 0.182. The van der Waals surface area contributed by atoms with Crippen LogP contribution in [0.25, 0.3) is 6.08 Å². The summed E-state index contributed by atoms with van der Waals surface area (Å²) in [7, 11) is 0. The molecule has 0 radical (unpaired) electrons. The molecule has 1 unspecified atom stereocenters. The van der Waals surface area contributed by atoms with Gasteiger partial charge in [0.15, 0.2) is 5.78 Å². The molecule has 0 spiro atoms. The van der Waals surface area contributed by atoms with Crippen LogP contribution in [0.2, 0.25) is 0 Å². The van der Waals surface area contributed by atoms with Crippen LogP contribution in [0.1, 0.15) is 33.9 Å². The van der Waals surface area contributed by atoms with Crippen molar-refractivity contribution in [2.24, 2.45) is 5.73 Å². The lowest BCUT2D eigenvalue weighted by atomic mass is 10.1. The van der Waals surface area contributed by atoms with Gasteiger partial charge in [-0.25, -0.2) is 0 Å². The largest absolute Gasteiger partial charge is 0.324 e. The minimum atomic E-state index is -0.110. The second kappa shape index (κ2) is 2.82. The quantitative estimate of drug-likeness (QED) is 0.705. The molecule has 0 saturated heterocycles. The van der Waals surface area contributed by atoms with Crippen LogP contribution in [0.5, 0.6) is 0 Å². The van der Waals surface area contributed by atoms with Gasteiger partial charge in [0.1, 0.15) is 0 Å². The molecular weight excluding hydrogens is 162 g/mol. The average Bonchev–Trinajstić information content (AvgIpc) is 2.42. The van der Waals surface area contributed by atoms with Crippen molar-refractivity contribution in [1.82, 2.24) is 0 Å². The van der Waals surface area contributed by atoms with Crippen LogP contribution in [0.4, 0.5) is 0 Å². The van der Waals surface area contributed by atoms with Crippen molar-refractivity contribution >= 4 is 11.9 Å². The van der Waals surface area contributed by atoms with Gasteiger partial charge in [0.2, 0.25) is 0 Å². The van der Waals surface area contributed by atoms with E-state index in [1.54, 1.807) is 6.08 Å². The third kappa shape index (κ3) is 1.19. The summed E-state index contributed by atoms with van der Waals surface area (Å²) in [6.45, 7) is 3.66. The van der Waals surface area contributed by atoms with Gasteiger partial charge in [-0.15, -0.1) is 0 Å². The fourth-order valence-corrected chi connectivity index (χ4v) is 1.69. The Morgan fingerprint density at radius 1 is 1.54 bits per heavy atom. The number of nitrogens with two attached hydrogens (primary N) is 1. The Balaban J connectivity index is 2.58. The third-order valence-corrected chi connectivity index (χ3v) is 2.42. The molecule has 0 aliphatic heterocycles. The first-order valence-corrected chi connectivity index (χ1v) is 4.27. The van der Waals surface area contributed by atoms with Gasteiger partial charge in [-0.2, -0.15) is 0 Å². The van der Waals surface area contributed by atoms with Gasteiger partial charge in [0.05, 0.1) is 0 Å². The predicted octanol–water partition coefficient (Wildman–Crippen LogP) is 1.92. The highest BCUT2D eigenvalue weighted by Gasteiger charge is 2.25. The summed E-state index contributed by atoms with van der Waals surface area (Å²) in [5.74, 6) is 0.145. The zero-order valence-electron chi connectivity index (χ0n) is 7.29. The van der Waals surface area contributed by atoms with Crippen molar-refractivity contribution in [3.05, 3.63) is 41.5 Å². The monoisotopic (exact) mass is 173 g/mol. The fourth-order valence-electron chi connectivity index (χ4n) is 1.69. The van der Waals surface area contributed by atoms with Crippen LogP contribution in [-0.2, 0) is 0 Å². The number of Topliss-reactive ketones (excluding diaryl/α,β-unsaturated/α-hetero) is 1. The molecule has 1 aliphatic carbocycles. The summed E-state index contributed by atoms with van der Waals surface area (Å²) >= 11 is 0. The van der Waals surface area contributed by atoms with Crippen molar-refractivity contribution in [1.29, 1.82) is 0 Å². The Morgan fingerprint density at radius 2 is 2.31 bits per heavy atom. The zero-order valence-corrected chi connectivity index (χ0v) is 7.29. The van der Waals surface area contributed by atoms with E-state index >= 15 is 0 Å². The molecule has 2 rings (SSSR count). The minimum Gasteiger partial charge on any atom is -0.324 e. The summed E-state index contributed by atoms with van der Waals surface area (Å²) in [6.07, 6.45) is 2.17. The van der Waals surface area contributed by atoms with Gasteiger partial charge in [0.25, 0.3) is 0 Å². The van der Waals surface area contributed by atoms with Crippen molar-refractivity contribution < 1.29 is 4.79 Å². The number of carbonyl (C=O) groups excluding carboxylic acids is 1. The Labute approximate surface area is 77.1 Å². The molecule has 1 aliphatic rings. The van der Waals surface area contributed by atoms with Crippen molar-refractivity contribution in [2.45, 2.75) is 12.5 Å². The van der Waals surface area contributed by atoms with E-state index in [9.17, 15) is 4.79 Å². The summed E-state index contributed by atoms with van der Waals surface area (Å²) in [6, 6.07) is 5.60. The van der Waals surface area contributed by atoms with Crippen molar-refractivity contribution in [2.75, 3.05) is 0 Å². The Hall–Kier alpha value is -1.41. The second-order valence-corrected chi connectivity index (χ2v) is 3.28. The maximum Gasteiger partial charge on any atom is 0.165 e. The van der Waals surface area contributed by atoms with Gasteiger partial charge in [-0.3, -0.25) is 4.79 Å². The molecule has 2 heteroatoms. The molecule has 0 amide bonds. The number of ketones is 1. The van der Waals surface area contributed by atoms with Gasteiger partial charge < -0.3 is 5.73 Å². The lowest BCUT2D eigenvalue weighted by Gasteiger charge is -2.02. The zero-order chi connectivity index (χ0) is 9.42. The molecule has 1 atom stereocenters. The van der Waals surface area contributed by atoms with Gasteiger partial charge >= 0.3 is 0 Å². The highest BCUT2D eigenvalue weighted by Crippen LogP contribution is 2.29. The van der Waals surface area contributed by atoms with E-state index in [1.807, 2.05) is 18.2 Å². The summed E-state index contributed by atoms with van der Waals surface area (Å²) in [4.78, 5) is 11.4. The van der Waals surface area contributed by atoms with E-state index in [0.29, 0.717) is 6.42 Å². The second-order valence-electron chi connectivity index (χ2n) is 3.28. The molecule has 0 aromatic heterocycles. The number of hydrogen-bond acceptors (Lipinski definition) is 2. The minimum absolute atomic E-state index is 0.110. The number of carbonyl (C=O) groups is 1. The highest BCUT2D eigenvalue weighted by atomic mass is 16.1. The topological polar surface area (TPSA) is 43.1 Å².